The van der Waals surface area contributed by atoms with Crippen LogP contribution >= 0.6 is 0 Å². The lowest BCUT2D eigenvalue weighted by Crippen LogP contribution is -2.42. The zero-order chi connectivity index (χ0) is 23.1. The molecule has 4 rings (SSSR count). The van der Waals surface area contributed by atoms with E-state index in [9.17, 15) is 4.79 Å². The zero-order valence-corrected chi connectivity index (χ0v) is 20.9. The van der Waals surface area contributed by atoms with E-state index in [1.807, 2.05) is 30.3 Å². The average molecular weight is 445 g/mol. The lowest BCUT2D eigenvalue weighted by molar-refractivity contribution is 0.101. The van der Waals surface area contributed by atoms with Gasteiger partial charge in [-0.1, -0.05) is 57.2 Å². The Morgan fingerprint density at radius 1 is 0.938 bits per heavy atom. The third kappa shape index (κ3) is 4.43. The van der Waals surface area contributed by atoms with E-state index in [2.05, 4.69) is 70.3 Å². The smallest absolute Gasteiger partial charge is 0.192 e. The van der Waals surface area contributed by atoms with Crippen LogP contribution in [0.1, 0.15) is 55.3 Å². The molecule has 0 fully saturated rings. The molecule has 0 aliphatic heterocycles. The first-order chi connectivity index (χ1) is 15.0. The van der Waals surface area contributed by atoms with Crippen LogP contribution in [-0.2, 0) is 10.8 Å². The molecule has 4 aromatic rings. The highest BCUT2D eigenvalue weighted by Crippen LogP contribution is 2.41. The van der Waals surface area contributed by atoms with E-state index in [4.69, 9.17) is 8.84 Å². The highest BCUT2D eigenvalue weighted by Gasteiger charge is 2.39. The number of hydrogen-bond donors (Lipinski definition) is 0. The summed E-state index contributed by atoms with van der Waals surface area (Å²) in [6, 6.07) is 22.5. The Balaban J connectivity index is 1.81. The predicted molar refractivity (Wildman–Crippen MR) is 135 cm³/mol. The fraction of sp³-hybridized carbons (Fsp3) is 0.321. The molecule has 32 heavy (non-hydrogen) atoms. The Labute approximate surface area is 191 Å². The molecular formula is C28H32O3Si. The molecular weight excluding hydrogens is 412 g/mol. The number of rotatable bonds is 6. The van der Waals surface area contributed by atoms with Crippen LogP contribution in [0.4, 0.5) is 0 Å². The second kappa shape index (κ2) is 8.34. The van der Waals surface area contributed by atoms with Gasteiger partial charge in [-0.3, -0.25) is 4.79 Å². The van der Waals surface area contributed by atoms with E-state index in [-0.39, 0.29) is 16.9 Å². The maximum atomic E-state index is 11.9. The molecule has 0 aliphatic carbocycles. The Kier molecular flexibility index (Phi) is 5.86. The molecule has 0 saturated carbocycles. The van der Waals surface area contributed by atoms with Crippen molar-refractivity contribution in [3.63, 3.8) is 0 Å². The highest BCUT2D eigenvalue weighted by molar-refractivity contribution is 6.74. The minimum absolute atomic E-state index is 0.0522. The Bertz CT molecular complexity index is 1260. The van der Waals surface area contributed by atoms with Gasteiger partial charge in [0.15, 0.2) is 14.1 Å². The first-order valence-corrected chi connectivity index (χ1v) is 14.1. The van der Waals surface area contributed by atoms with E-state index < -0.39 is 8.32 Å². The molecule has 0 N–H and O–H groups in total. The fourth-order valence-corrected chi connectivity index (χ4v) is 5.09. The SMILES string of the molecule is CC(=O)c1ccc2oc3ccc(C(Cc4ccccc4)O[Si](C)(C)C(C)(C)C)cc3c2c1. The molecule has 1 unspecified atom stereocenters. The van der Waals surface area contributed by atoms with Gasteiger partial charge >= 0.3 is 0 Å². The number of furan rings is 1. The predicted octanol–water partition coefficient (Wildman–Crippen LogP) is 8.09. The molecule has 3 nitrogen and oxygen atoms in total. The van der Waals surface area contributed by atoms with Crippen LogP contribution in [0.2, 0.25) is 18.1 Å². The minimum atomic E-state index is -2.00. The quantitative estimate of drug-likeness (QED) is 0.223. The lowest BCUT2D eigenvalue weighted by Gasteiger charge is -2.39. The third-order valence-electron chi connectivity index (χ3n) is 6.78. The van der Waals surface area contributed by atoms with Crippen LogP contribution in [0.5, 0.6) is 0 Å². The Hall–Kier alpha value is -2.69. The van der Waals surface area contributed by atoms with Crippen LogP contribution in [0.15, 0.2) is 71.1 Å². The molecule has 0 saturated heterocycles. The summed E-state index contributed by atoms with van der Waals surface area (Å²) in [5, 5.41) is 2.11. The number of carbonyl (C=O) groups excluding carboxylic acids is 1. The van der Waals surface area contributed by atoms with E-state index in [0.29, 0.717) is 5.56 Å². The van der Waals surface area contributed by atoms with Gasteiger partial charge in [0.1, 0.15) is 11.2 Å². The van der Waals surface area contributed by atoms with Gasteiger partial charge in [-0.15, -0.1) is 0 Å². The fourth-order valence-electron chi connectivity index (χ4n) is 3.80. The van der Waals surface area contributed by atoms with Crippen LogP contribution < -0.4 is 0 Å². The number of benzene rings is 3. The van der Waals surface area contributed by atoms with E-state index in [1.165, 1.54) is 5.56 Å². The summed E-state index contributed by atoms with van der Waals surface area (Å²) in [4.78, 5) is 11.9. The number of Topliss-reactive ketones (excluding diaryl/α,β-unsaturated/α-hetero) is 1. The van der Waals surface area contributed by atoms with E-state index in [1.54, 1.807) is 6.92 Å². The van der Waals surface area contributed by atoms with Crippen LogP contribution in [0.25, 0.3) is 21.9 Å². The van der Waals surface area contributed by atoms with Crippen molar-refractivity contribution in [3.05, 3.63) is 83.4 Å². The van der Waals surface area contributed by atoms with E-state index in [0.717, 1.165) is 33.9 Å². The molecule has 0 radical (unpaired) electrons. The topological polar surface area (TPSA) is 39.4 Å². The summed E-state index contributed by atoms with van der Waals surface area (Å²) in [7, 11) is -2.00. The van der Waals surface area contributed by atoms with Gasteiger partial charge in [0.05, 0.1) is 6.10 Å². The summed E-state index contributed by atoms with van der Waals surface area (Å²) in [6.07, 6.45) is 0.761. The summed E-state index contributed by atoms with van der Waals surface area (Å²) in [5.41, 5.74) is 4.72. The highest BCUT2D eigenvalue weighted by atomic mass is 28.4. The summed E-state index contributed by atoms with van der Waals surface area (Å²) in [6.45, 7) is 13.0. The number of carbonyl (C=O) groups is 1. The van der Waals surface area contributed by atoms with Crippen molar-refractivity contribution in [2.45, 2.75) is 58.4 Å². The number of ketones is 1. The summed E-state index contributed by atoms with van der Waals surface area (Å²) >= 11 is 0. The van der Waals surface area contributed by atoms with Gasteiger partial charge in [-0.05, 0) is 66.5 Å². The Morgan fingerprint density at radius 2 is 1.56 bits per heavy atom. The molecule has 4 heteroatoms. The third-order valence-corrected chi connectivity index (χ3v) is 11.3. The molecule has 0 bridgehead atoms. The maximum absolute atomic E-state index is 11.9. The van der Waals surface area contributed by atoms with Crippen LogP contribution in [-0.4, -0.2) is 14.1 Å². The normalized spacial score (nSPS) is 13.6. The number of hydrogen-bond acceptors (Lipinski definition) is 3. The van der Waals surface area contributed by atoms with Gasteiger partial charge in [0.25, 0.3) is 0 Å². The molecule has 0 amide bonds. The summed E-state index contributed by atoms with van der Waals surface area (Å²) < 4.78 is 13.0. The largest absolute Gasteiger partial charge is 0.456 e. The average Bonchev–Trinajstić information content (AvgIpc) is 3.10. The molecule has 166 valence electrons. The van der Waals surface area contributed by atoms with Gasteiger partial charge in [-0.2, -0.15) is 0 Å². The monoisotopic (exact) mass is 444 g/mol. The standard InChI is InChI=1S/C28H32O3Si/c1-19(29)21-12-14-25-23(17-21)24-18-22(13-15-26(24)30-25)27(16-20-10-8-7-9-11-20)31-32(5,6)28(2,3)4/h7-15,17-18,27H,16H2,1-6H3. The Morgan fingerprint density at radius 3 is 2.19 bits per heavy atom. The maximum Gasteiger partial charge on any atom is 0.192 e. The van der Waals surface area contributed by atoms with Crippen molar-refractivity contribution in [3.8, 4) is 0 Å². The second-order valence-electron chi connectivity index (χ2n) is 10.2. The van der Waals surface area contributed by atoms with Gasteiger partial charge in [0, 0.05) is 22.8 Å². The first-order valence-electron chi connectivity index (χ1n) is 11.2. The molecule has 0 spiro atoms. The van der Waals surface area contributed by atoms with Crippen molar-refractivity contribution in [2.24, 2.45) is 0 Å². The van der Waals surface area contributed by atoms with Gasteiger partial charge in [0.2, 0.25) is 0 Å². The minimum Gasteiger partial charge on any atom is -0.456 e. The van der Waals surface area contributed by atoms with Gasteiger partial charge in [-0.25, -0.2) is 0 Å². The lowest BCUT2D eigenvalue weighted by atomic mass is 9.99. The second-order valence-corrected chi connectivity index (χ2v) is 14.9. The zero-order valence-electron chi connectivity index (χ0n) is 19.9. The molecule has 1 heterocycles. The molecule has 1 atom stereocenters. The van der Waals surface area contributed by atoms with Crippen molar-refractivity contribution in [1.82, 2.24) is 0 Å². The van der Waals surface area contributed by atoms with Crippen molar-refractivity contribution < 1.29 is 13.6 Å². The van der Waals surface area contributed by atoms with Crippen molar-refractivity contribution >= 4 is 36.0 Å². The molecule has 3 aromatic carbocycles. The van der Waals surface area contributed by atoms with Gasteiger partial charge < -0.3 is 8.84 Å². The van der Waals surface area contributed by atoms with Crippen molar-refractivity contribution in [2.75, 3.05) is 0 Å². The van der Waals surface area contributed by atoms with E-state index >= 15 is 0 Å². The first kappa shape index (κ1) is 22.5. The van der Waals surface area contributed by atoms with Crippen molar-refractivity contribution in [1.29, 1.82) is 0 Å². The molecule has 0 aliphatic rings. The number of fused-ring (bicyclic) bond motifs is 3. The van der Waals surface area contributed by atoms with Crippen LogP contribution in [0.3, 0.4) is 0 Å². The van der Waals surface area contributed by atoms with Crippen LogP contribution in [0, 0.1) is 0 Å². The summed E-state index contributed by atoms with van der Waals surface area (Å²) in [5.74, 6) is 0.0561. The molecule has 1 aromatic heterocycles.